The maximum Gasteiger partial charge on any atom is 0.292 e. The smallest absolute Gasteiger partial charge is 0.292 e. The van der Waals surface area contributed by atoms with Crippen molar-refractivity contribution in [2.45, 2.75) is 13.0 Å². The summed E-state index contributed by atoms with van der Waals surface area (Å²) in [6.07, 6.45) is 0. The number of anilines is 2. The summed E-state index contributed by atoms with van der Waals surface area (Å²) in [6.45, 7) is 1.59. The van der Waals surface area contributed by atoms with Crippen molar-refractivity contribution >= 4 is 40.6 Å². The maximum absolute atomic E-state index is 13.5. The van der Waals surface area contributed by atoms with E-state index in [1.165, 1.54) is 17.1 Å². The van der Waals surface area contributed by atoms with Crippen LogP contribution in [0.3, 0.4) is 0 Å². The molecular formula is C17H14ClFN4O2. The Labute approximate surface area is 148 Å². The van der Waals surface area contributed by atoms with E-state index in [2.05, 4.69) is 15.7 Å². The van der Waals surface area contributed by atoms with Crippen LogP contribution in [0.15, 0.2) is 53.5 Å². The van der Waals surface area contributed by atoms with Crippen LogP contribution in [0.4, 0.5) is 15.8 Å². The number of hydrogen-bond acceptors (Lipinski definition) is 4. The van der Waals surface area contributed by atoms with Crippen molar-refractivity contribution < 1.29 is 14.0 Å². The standard InChI is InChI=1S/C17H14ClFN4O2/c1-10-17(25)23(12-5-3-2-4-6-12)22-15(20-10)16(24)21-11-7-8-13(18)14(19)9-11/h2-10H,1H3,(H,20,22)(H,21,24). The highest BCUT2D eigenvalue weighted by molar-refractivity contribution is 6.43. The maximum atomic E-state index is 13.5. The summed E-state index contributed by atoms with van der Waals surface area (Å²) in [5.74, 6) is -1.58. The largest absolute Gasteiger partial charge is 0.319 e. The Bertz CT molecular complexity index is 857. The van der Waals surface area contributed by atoms with Crippen molar-refractivity contribution in [1.29, 1.82) is 0 Å². The predicted octanol–water partition coefficient (Wildman–Crippen LogP) is 2.76. The summed E-state index contributed by atoms with van der Waals surface area (Å²) >= 11 is 5.62. The summed E-state index contributed by atoms with van der Waals surface area (Å²) in [5.41, 5.74) is 3.51. The van der Waals surface area contributed by atoms with Crippen molar-refractivity contribution in [1.82, 2.24) is 5.43 Å². The molecule has 2 N–H and O–H groups in total. The molecule has 0 aromatic heterocycles. The monoisotopic (exact) mass is 360 g/mol. The number of carbonyl (C=O) groups excluding carboxylic acids is 2. The van der Waals surface area contributed by atoms with Crippen LogP contribution in [0.1, 0.15) is 6.92 Å². The van der Waals surface area contributed by atoms with E-state index in [1.807, 2.05) is 6.07 Å². The van der Waals surface area contributed by atoms with Crippen molar-refractivity contribution in [3.63, 3.8) is 0 Å². The number of benzene rings is 2. The fourth-order valence-electron chi connectivity index (χ4n) is 2.27. The highest BCUT2D eigenvalue weighted by atomic mass is 35.5. The van der Waals surface area contributed by atoms with Gasteiger partial charge in [0.2, 0.25) is 5.84 Å². The van der Waals surface area contributed by atoms with E-state index in [9.17, 15) is 14.0 Å². The van der Waals surface area contributed by atoms with Gasteiger partial charge in [-0.3, -0.25) is 15.0 Å². The molecule has 0 fully saturated rings. The number of amides is 2. The molecule has 8 heteroatoms. The van der Waals surface area contributed by atoms with Gasteiger partial charge in [0.1, 0.15) is 11.9 Å². The Morgan fingerprint density at radius 2 is 2.00 bits per heavy atom. The Balaban J connectivity index is 1.81. The molecule has 1 aliphatic heterocycles. The molecule has 2 aromatic rings. The van der Waals surface area contributed by atoms with Gasteiger partial charge in [0, 0.05) is 5.69 Å². The lowest BCUT2D eigenvalue weighted by molar-refractivity contribution is -0.120. The molecule has 25 heavy (non-hydrogen) atoms. The van der Waals surface area contributed by atoms with E-state index in [0.717, 1.165) is 6.07 Å². The van der Waals surface area contributed by atoms with Gasteiger partial charge < -0.3 is 5.32 Å². The van der Waals surface area contributed by atoms with Crippen LogP contribution in [-0.2, 0) is 9.59 Å². The van der Waals surface area contributed by atoms with Gasteiger partial charge in [0.05, 0.1) is 10.7 Å². The van der Waals surface area contributed by atoms with E-state index in [0.29, 0.717) is 5.69 Å². The molecular weight excluding hydrogens is 347 g/mol. The van der Waals surface area contributed by atoms with Crippen molar-refractivity contribution in [2.75, 3.05) is 10.3 Å². The highest BCUT2D eigenvalue weighted by Gasteiger charge is 2.30. The number of carbonyl (C=O) groups is 2. The number of hydrogen-bond donors (Lipinski definition) is 2. The fraction of sp³-hybridized carbons (Fsp3) is 0.118. The summed E-state index contributed by atoms with van der Waals surface area (Å²) < 4.78 is 13.5. The number of nitrogens with zero attached hydrogens (tertiary/aromatic N) is 2. The first-order valence-corrected chi connectivity index (χ1v) is 7.83. The van der Waals surface area contributed by atoms with Gasteiger partial charge in [-0.25, -0.2) is 14.4 Å². The molecule has 0 radical (unpaired) electrons. The first-order chi connectivity index (χ1) is 12.0. The Hall–Kier alpha value is -2.93. The zero-order chi connectivity index (χ0) is 18.0. The average Bonchev–Trinajstić information content (AvgIpc) is 2.61. The number of rotatable bonds is 3. The van der Waals surface area contributed by atoms with E-state index in [-0.39, 0.29) is 22.5 Å². The minimum absolute atomic E-state index is 0.0411. The second-order valence-electron chi connectivity index (χ2n) is 5.36. The van der Waals surface area contributed by atoms with Gasteiger partial charge in [0.15, 0.2) is 0 Å². The van der Waals surface area contributed by atoms with E-state index in [4.69, 9.17) is 11.6 Å². The van der Waals surface area contributed by atoms with Crippen LogP contribution < -0.4 is 15.8 Å². The van der Waals surface area contributed by atoms with Gasteiger partial charge in [-0.2, -0.15) is 0 Å². The van der Waals surface area contributed by atoms with Crippen molar-refractivity contribution in [3.05, 3.63) is 59.4 Å². The van der Waals surface area contributed by atoms with Crippen LogP contribution >= 0.6 is 11.6 Å². The van der Waals surface area contributed by atoms with Crippen LogP contribution in [0.5, 0.6) is 0 Å². The highest BCUT2D eigenvalue weighted by Crippen LogP contribution is 2.19. The van der Waals surface area contributed by atoms with E-state index < -0.39 is 17.8 Å². The molecule has 0 spiro atoms. The molecule has 1 unspecified atom stereocenters. The summed E-state index contributed by atoms with van der Waals surface area (Å²) in [6, 6.07) is 12.0. The number of aliphatic imine (C=N–C) groups is 1. The quantitative estimate of drug-likeness (QED) is 0.884. The average molecular weight is 361 g/mol. The molecule has 0 aliphatic carbocycles. The Morgan fingerprint density at radius 3 is 2.68 bits per heavy atom. The Kier molecular flexibility index (Phi) is 4.67. The minimum atomic E-state index is -0.732. The number of para-hydroxylation sites is 1. The third-order valence-electron chi connectivity index (χ3n) is 3.53. The first kappa shape index (κ1) is 16.9. The van der Waals surface area contributed by atoms with Gasteiger partial charge in [-0.15, -0.1) is 0 Å². The van der Waals surface area contributed by atoms with Gasteiger partial charge >= 0.3 is 0 Å². The number of halogens is 2. The normalized spacial score (nSPS) is 16.9. The van der Waals surface area contributed by atoms with E-state index in [1.54, 1.807) is 31.2 Å². The third-order valence-corrected chi connectivity index (χ3v) is 3.83. The molecule has 1 aliphatic rings. The van der Waals surface area contributed by atoms with Gasteiger partial charge in [-0.1, -0.05) is 29.8 Å². The van der Waals surface area contributed by atoms with Crippen molar-refractivity contribution in [2.24, 2.45) is 4.99 Å². The fourth-order valence-corrected chi connectivity index (χ4v) is 2.39. The van der Waals surface area contributed by atoms with Gasteiger partial charge in [-0.05, 0) is 37.3 Å². The summed E-state index contributed by atoms with van der Waals surface area (Å²) in [4.78, 5) is 28.7. The molecule has 0 bridgehead atoms. The van der Waals surface area contributed by atoms with Crippen LogP contribution in [0.25, 0.3) is 0 Å². The van der Waals surface area contributed by atoms with Crippen LogP contribution in [-0.4, -0.2) is 23.7 Å². The predicted molar refractivity (Wildman–Crippen MR) is 94.0 cm³/mol. The van der Waals surface area contributed by atoms with Gasteiger partial charge in [0.25, 0.3) is 11.8 Å². The molecule has 0 saturated heterocycles. The number of amidine groups is 1. The molecule has 6 nitrogen and oxygen atoms in total. The van der Waals surface area contributed by atoms with E-state index >= 15 is 0 Å². The Morgan fingerprint density at radius 1 is 1.28 bits per heavy atom. The molecule has 3 rings (SSSR count). The minimum Gasteiger partial charge on any atom is -0.319 e. The van der Waals surface area contributed by atoms with Crippen molar-refractivity contribution in [3.8, 4) is 0 Å². The number of hydrazine groups is 1. The topological polar surface area (TPSA) is 73.8 Å². The summed E-state index contributed by atoms with van der Waals surface area (Å²) in [7, 11) is 0. The lowest BCUT2D eigenvalue weighted by atomic mass is 10.2. The lowest BCUT2D eigenvalue weighted by Crippen LogP contribution is -2.57. The SMILES string of the molecule is CC1N=C(C(=O)Nc2ccc(Cl)c(F)c2)NN(c2ccccc2)C1=O. The first-order valence-electron chi connectivity index (χ1n) is 7.45. The number of nitrogens with one attached hydrogen (secondary N) is 2. The molecule has 0 saturated carbocycles. The third kappa shape index (κ3) is 3.61. The van der Waals surface area contributed by atoms with Crippen LogP contribution in [0, 0.1) is 5.82 Å². The second-order valence-corrected chi connectivity index (χ2v) is 5.76. The second kappa shape index (κ2) is 6.90. The summed E-state index contributed by atoms with van der Waals surface area (Å²) in [5, 5.41) is 3.74. The molecule has 2 aromatic carbocycles. The molecule has 2 amide bonds. The van der Waals surface area contributed by atoms with Crippen LogP contribution in [0.2, 0.25) is 5.02 Å². The zero-order valence-corrected chi connectivity index (χ0v) is 13.9. The molecule has 1 atom stereocenters. The molecule has 128 valence electrons. The zero-order valence-electron chi connectivity index (χ0n) is 13.2. The molecule has 1 heterocycles. The lowest BCUT2D eigenvalue weighted by Gasteiger charge is -2.30.